The Morgan fingerprint density at radius 3 is 2.74 bits per heavy atom. The van der Waals surface area contributed by atoms with Crippen LogP contribution in [0, 0.1) is 5.82 Å². The molecule has 0 bridgehead atoms. The van der Waals surface area contributed by atoms with Gasteiger partial charge in [0.05, 0.1) is 11.9 Å². The Morgan fingerprint density at radius 1 is 1.11 bits per heavy atom. The summed E-state index contributed by atoms with van der Waals surface area (Å²) < 4.78 is 13.6. The first-order chi connectivity index (χ1) is 9.25. The van der Waals surface area contributed by atoms with E-state index >= 15 is 0 Å². The van der Waals surface area contributed by atoms with Crippen LogP contribution >= 0.6 is 11.3 Å². The number of pyridine rings is 1. The number of nitrogens with zero attached hydrogens (tertiary/aromatic N) is 2. The lowest BCUT2D eigenvalue weighted by Gasteiger charge is -2.01. The number of benzene rings is 1. The van der Waals surface area contributed by atoms with Gasteiger partial charge in [-0.05, 0) is 12.1 Å². The number of thiazole rings is 1. The van der Waals surface area contributed by atoms with Crippen LogP contribution in [0.3, 0.4) is 0 Å². The van der Waals surface area contributed by atoms with Crippen LogP contribution in [-0.2, 0) is 0 Å². The summed E-state index contributed by atoms with van der Waals surface area (Å²) in [6.45, 7) is 0. The van der Waals surface area contributed by atoms with E-state index in [0.717, 1.165) is 11.3 Å². The SMILES string of the molecule is Nc1ccccc1-c1csc(-c2ccncc2F)n1. The summed E-state index contributed by atoms with van der Waals surface area (Å²) >= 11 is 1.39. The number of hydrogen-bond donors (Lipinski definition) is 1. The number of nitrogen functional groups attached to an aromatic ring is 1. The van der Waals surface area contributed by atoms with Gasteiger partial charge >= 0.3 is 0 Å². The van der Waals surface area contributed by atoms with Gasteiger partial charge in [-0.2, -0.15) is 0 Å². The Balaban J connectivity index is 2.06. The first kappa shape index (κ1) is 11.8. The van der Waals surface area contributed by atoms with Gasteiger partial charge in [0.1, 0.15) is 5.01 Å². The van der Waals surface area contributed by atoms with Gasteiger partial charge < -0.3 is 5.73 Å². The zero-order valence-electron chi connectivity index (χ0n) is 9.88. The van der Waals surface area contributed by atoms with E-state index < -0.39 is 0 Å². The maximum atomic E-state index is 13.6. The Kier molecular flexibility index (Phi) is 2.97. The maximum Gasteiger partial charge on any atom is 0.151 e. The highest BCUT2D eigenvalue weighted by Gasteiger charge is 2.11. The van der Waals surface area contributed by atoms with Gasteiger partial charge in [-0.3, -0.25) is 4.98 Å². The zero-order chi connectivity index (χ0) is 13.2. The molecule has 5 heteroatoms. The van der Waals surface area contributed by atoms with Crippen LogP contribution in [0.5, 0.6) is 0 Å². The smallest absolute Gasteiger partial charge is 0.151 e. The molecule has 0 radical (unpaired) electrons. The molecule has 3 nitrogen and oxygen atoms in total. The average molecular weight is 271 g/mol. The van der Waals surface area contributed by atoms with E-state index in [9.17, 15) is 4.39 Å². The number of hydrogen-bond acceptors (Lipinski definition) is 4. The number of halogens is 1. The minimum atomic E-state index is -0.371. The lowest BCUT2D eigenvalue weighted by atomic mass is 10.1. The number of nitrogens with two attached hydrogens (primary N) is 1. The number of para-hydroxylation sites is 1. The van der Waals surface area contributed by atoms with E-state index in [1.54, 1.807) is 12.3 Å². The fourth-order valence-electron chi connectivity index (χ4n) is 1.80. The number of anilines is 1. The highest BCUT2D eigenvalue weighted by atomic mass is 32.1. The van der Waals surface area contributed by atoms with E-state index in [1.165, 1.54) is 17.5 Å². The molecule has 0 aliphatic carbocycles. The van der Waals surface area contributed by atoms with Crippen molar-refractivity contribution in [1.29, 1.82) is 0 Å². The van der Waals surface area contributed by atoms with Crippen molar-refractivity contribution >= 4 is 17.0 Å². The van der Waals surface area contributed by atoms with E-state index in [0.29, 0.717) is 16.3 Å². The van der Waals surface area contributed by atoms with Crippen molar-refractivity contribution < 1.29 is 4.39 Å². The molecular formula is C14H10FN3S. The normalized spacial score (nSPS) is 10.6. The Labute approximate surface area is 113 Å². The molecule has 0 saturated carbocycles. The van der Waals surface area contributed by atoms with Crippen molar-refractivity contribution in [1.82, 2.24) is 9.97 Å². The molecule has 0 spiro atoms. The van der Waals surface area contributed by atoms with Crippen LogP contribution < -0.4 is 5.73 Å². The van der Waals surface area contributed by atoms with Gasteiger partial charge in [0.25, 0.3) is 0 Å². The van der Waals surface area contributed by atoms with Gasteiger partial charge in [0, 0.05) is 28.4 Å². The molecular weight excluding hydrogens is 261 g/mol. The second-order valence-electron chi connectivity index (χ2n) is 3.98. The van der Waals surface area contributed by atoms with Crippen LogP contribution in [0.15, 0.2) is 48.1 Å². The van der Waals surface area contributed by atoms with Crippen molar-refractivity contribution in [3.8, 4) is 21.8 Å². The van der Waals surface area contributed by atoms with Crippen LogP contribution in [-0.4, -0.2) is 9.97 Å². The Hall–Kier alpha value is -2.27. The molecule has 2 N–H and O–H groups in total. The third kappa shape index (κ3) is 2.20. The van der Waals surface area contributed by atoms with Gasteiger partial charge in [0.2, 0.25) is 0 Å². The summed E-state index contributed by atoms with van der Waals surface area (Å²) in [5.41, 5.74) is 8.65. The lowest BCUT2D eigenvalue weighted by molar-refractivity contribution is 0.625. The maximum absolute atomic E-state index is 13.6. The summed E-state index contributed by atoms with van der Waals surface area (Å²) in [7, 11) is 0. The molecule has 3 aromatic rings. The predicted octanol–water partition coefficient (Wildman–Crippen LogP) is 3.59. The largest absolute Gasteiger partial charge is 0.398 e. The van der Waals surface area contributed by atoms with Gasteiger partial charge in [-0.25, -0.2) is 9.37 Å². The third-order valence-corrected chi connectivity index (χ3v) is 3.62. The molecule has 19 heavy (non-hydrogen) atoms. The standard InChI is InChI=1S/C14H10FN3S/c15-11-7-17-6-5-9(11)14-18-13(8-19-14)10-3-1-2-4-12(10)16/h1-8H,16H2. The van der Waals surface area contributed by atoms with Gasteiger partial charge in [-0.1, -0.05) is 18.2 Å². The third-order valence-electron chi connectivity index (χ3n) is 2.74. The van der Waals surface area contributed by atoms with Crippen molar-refractivity contribution in [3.05, 3.63) is 53.9 Å². The summed E-state index contributed by atoms with van der Waals surface area (Å²) in [5.74, 6) is -0.371. The molecule has 0 aliphatic heterocycles. The van der Waals surface area contributed by atoms with E-state index in [-0.39, 0.29) is 5.82 Å². The number of aromatic nitrogens is 2. The highest BCUT2D eigenvalue weighted by molar-refractivity contribution is 7.13. The molecule has 2 heterocycles. The Bertz CT molecular complexity index is 664. The van der Waals surface area contributed by atoms with E-state index in [2.05, 4.69) is 9.97 Å². The van der Waals surface area contributed by atoms with E-state index in [1.807, 2.05) is 29.6 Å². The van der Waals surface area contributed by atoms with Gasteiger partial charge in [0.15, 0.2) is 5.82 Å². The van der Waals surface area contributed by atoms with Crippen LogP contribution in [0.25, 0.3) is 21.8 Å². The van der Waals surface area contributed by atoms with Crippen LogP contribution in [0.4, 0.5) is 10.1 Å². The molecule has 1 aromatic carbocycles. The first-order valence-electron chi connectivity index (χ1n) is 5.66. The molecule has 3 rings (SSSR count). The summed E-state index contributed by atoms with van der Waals surface area (Å²) in [6.07, 6.45) is 2.74. The molecule has 0 atom stereocenters. The second kappa shape index (κ2) is 4.78. The summed E-state index contributed by atoms with van der Waals surface area (Å²) in [6, 6.07) is 9.11. The fourth-order valence-corrected chi connectivity index (χ4v) is 2.65. The molecule has 94 valence electrons. The molecule has 0 unspecified atom stereocenters. The molecule has 2 aromatic heterocycles. The molecule has 0 amide bonds. The quantitative estimate of drug-likeness (QED) is 0.725. The topological polar surface area (TPSA) is 51.8 Å². The molecule has 0 aliphatic rings. The molecule has 0 fully saturated rings. The molecule has 0 saturated heterocycles. The predicted molar refractivity (Wildman–Crippen MR) is 75.2 cm³/mol. The van der Waals surface area contributed by atoms with Crippen molar-refractivity contribution in [2.45, 2.75) is 0 Å². The van der Waals surface area contributed by atoms with Crippen LogP contribution in [0.2, 0.25) is 0 Å². The van der Waals surface area contributed by atoms with Gasteiger partial charge in [-0.15, -0.1) is 11.3 Å². The van der Waals surface area contributed by atoms with Crippen molar-refractivity contribution in [2.24, 2.45) is 0 Å². The monoisotopic (exact) mass is 271 g/mol. The minimum absolute atomic E-state index is 0.371. The zero-order valence-corrected chi connectivity index (χ0v) is 10.7. The van der Waals surface area contributed by atoms with Crippen LogP contribution in [0.1, 0.15) is 0 Å². The lowest BCUT2D eigenvalue weighted by Crippen LogP contribution is -1.89. The Morgan fingerprint density at radius 2 is 1.95 bits per heavy atom. The first-order valence-corrected chi connectivity index (χ1v) is 6.54. The van der Waals surface area contributed by atoms with E-state index in [4.69, 9.17) is 5.73 Å². The minimum Gasteiger partial charge on any atom is -0.398 e. The van der Waals surface area contributed by atoms with Crippen molar-refractivity contribution in [2.75, 3.05) is 5.73 Å². The average Bonchev–Trinajstić information content (AvgIpc) is 2.89. The number of rotatable bonds is 2. The van der Waals surface area contributed by atoms with Crippen molar-refractivity contribution in [3.63, 3.8) is 0 Å². The highest BCUT2D eigenvalue weighted by Crippen LogP contribution is 2.32. The summed E-state index contributed by atoms with van der Waals surface area (Å²) in [5, 5.41) is 2.50. The fraction of sp³-hybridized carbons (Fsp3) is 0. The summed E-state index contributed by atoms with van der Waals surface area (Å²) in [4.78, 5) is 8.17. The second-order valence-corrected chi connectivity index (χ2v) is 4.84.